The summed E-state index contributed by atoms with van der Waals surface area (Å²) >= 11 is 1.60. The van der Waals surface area contributed by atoms with Crippen molar-refractivity contribution in [3.05, 3.63) is 34.9 Å². The predicted octanol–water partition coefficient (Wildman–Crippen LogP) is 5.92. The molecule has 0 aliphatic rings. The van der Waals surface area contributed by atoms with Crippen molar-refractivity contribution in [1.29, 1.82) is 0 Å². The molecule has 3 unspecified atom stereocenters. The Bertz CT molecular complexity index is 864. The molecule has 0 aliphatic carbocycles. The van der Waals surface area contributed by atoms with Gasteiger partial charge in [-0.15, -0.1) is 0 Å². The van der Waals surface area contributed by atoms with Gasteiger partial charge in [-0.25, -0.2) is 4.79 Å². The van der Waals surface area contributed by atoms with E-state index in [9.17, 15) is 14.4 Å². The fourth-order valence-electron chi connectivity index (χ4n) is 4.35. The number of thioether (sulfide) groups is 1. The number of unbranched alkanes of at least 4 members (excludes halogenated alkanes) is 1. The highest BCUT2D eigenvalue weighted by atomic mass is 32.2. The molecular weight excluding hydrogens is 486 g/mol. The third-order valence-corrected chi connectivity index (χ3v) is 6.77. The number of nitrogens with one attached hydrogen (secondary N) is 2. The number of rotatable bonds is 14. The quantitative estimate of drug-likeness (QED) is 0.309. The standard InChI is InChI=1S/C29H49N3O4S/c1-10-12-18-32(27(34)23(17-19-37-9)31-28(35)36-29(6,7)8)25(26(33)30-22(5)14-11-2)24-20(3)15-13-16-21(24)4/h13,15-16,22-23,25H,10-12,14,17-19H2,1-9H3,(H,30,33)(H,31,35). The molecule has 1 rings (SSSR count). The molecule has 3 atom stereocenters. The van der Waals surface area contributed by atoms with Crippen LogP contribution < -0.4 is 10.6 Å². The molecule has 210 valence electrons. The zero-order chi connectivity index (χ0) is 28.2. The summed E-state index contributed by atoms with van der Waals surface area (Å²) in [7, 11) is 0. The van der Waals surface area contributed by atoms with Gasteiger partial charge < -0.3 is 20.3 Å². The Labute approximate surface area is 228 Å². The number of carbonyl (C=O) groups is 3. The molecule has 0 radical (unpaired) electrons. The molecule has 2 N–H and O–H groups in total. The minimum atomic E-state index is -0.799. The molecule has 0 spiro atoms. The van der Waals surface area contributed by atoms with E-state index in [0.717, 1.165) is 42.4 Å². The maximum absolute atomic E-state index is 14.2. The molecule has 0 heterocycles. The Morgan fingerprint density at radius 2 is 1.65 bits per heavy atom. The fourth-order valence-corrected chi connectivity index (χ4v) is 4.82. The molecule has 0 aliphatic heterocycles. The Balaban J connectivity index is 3.55. The number of carbonyl (C=O) groups excluding carboxylic acids is 3. The Morgan fingerprint density at radius 1 is 1.03 bits per heavy atom. The number of amides is 3. The number of alkyl carbamates (subject to hydrolysis) is 1. The fraction of sp³-hybridized carbons (Fsp3) is 0.690. The molecule has 0 aromatic heterocycles. The van der Waals surface area contributed by atoms with E-state index in [0.29, 0.717) is 18.7 Å². The maximum Gasteiger partial charge on any atom is 0.408 e. The molecule has 0 fully saturated rings. The summed E-state index contributed by atoms with van der Waals surface area (Å²) < 4.78 is 5.46. The Kier molecular flexibility index (Phi) is 14.1. The number of aryl methyl sites for hydroxylation is 2. The van der Waals surface area contributed by atoms with Gasteiger partial charge in [0, 0.05) is 12.6 Å². The first-order valence-corrected chi connectivity index (χ1v) is 14.9. The van der Waals surface area contributed by atoms with Gasteiger partial charge in [0.2, 0.25) is 11.8 Å². The molecule has 1 aromatic rings. The van der Waals surface area contributed by atoms with Gasteiger partial charge in [-0.3, -0.25) is 9.59 Å². The zero-order valence-electron chi connectivity index (χ0n) is 24.4. The van der Waals surface area contributed by atoms with Crippen molar-refractivity contribution in [2.75, 3.05) is 18.6 Å². The van der Waals surface area contributed by atoms with E-state index in [1.54, 1.807) is 37.4 Å². The van der Waals surface area contributed by atoms with Gasteiger partial charge >= 0.3 is 6.09 Å². The number of ether oxygens (including phenoxy) is 1. The average molecular weight is 536 g/mol. The minimum Gasteiger partial charge on any atom is -0.444 e. The third kappa shape index (κ3) is 11.0. The van der Waals surface area contributed by atoms with Crippen LogP contribution in [-0.2, 0) is 14.3 Å². The van der Waals surface area contributed by atoms with E-state index in [-0.39, 0.29) is 17.9 Å². The molecule has 0 saturated carbocycles. The van der Waals surface area contributed by atoms with Crippen molar-refractivity contribution >= 4 is 29.7 Å². The lowest BCUT2D eigenvalue weighted by atomic mass is 9.93. The lowest BCUT2D eigenvalue weighted by Gasteiger charge is -2.36. The molecule has 3 amide bonds. The van der Waals surface area contributed by atoms with E-state index in [1.807, 2.05) is 45.2 Å². The van der Waals surface area contributed by atoms with Crippen LogP contribution in [0.4, 0.5) is 4.79 Å². The van der Waals surface area contributed by atoms with Crippen molar-refractivity contribution in [2.24, 2.45) is 0 Å². The molecule has 0 bridgehead atoms. The Morgan fingerprint density at radius 3 is 2.16 bits per heavy atom. The first-order valence-electron chi connectivity index (χ1n) is 13.5. The van der Waals surface area contributed by atoms with Crippen molar-refractivity contribution in [3.8, 4) is 0 Å². The number of hydrogen-bond acceptors (Lipinski definition) is 5. The molecule has 7 nitrogen and oxygen atoms in total. The number of nitrogens with zero attached hydrogens (tertiary/aromatic N) is 1. The first kappa shape index (κ1) is 32.8. The molecule has 1 aromatic carbocycles. The van der Waals surface area contributed by atoms with Gasteiger partial charge in [0.25, 0.3) is 0 Å². The summed E-state index contributed by atoms with van der Waals surface area (Å²) in [5.41, 5.74) is 2.07. The molecule has 37 heavy (non-hydrogen) atoms. The van der Waals surface area contributed by atoms with Crippen molar-refractivity contribution in [2.45, 2.75) is 111 Å². The second-order valence-corrected chi connectivity index (χ2v) is 11.8. The first-order chi connectivity index (χ1) is 17.4. The summed E-state index contributed by atoms with van der Waals surface area (Å²) in [4.78, 5) is 42.4. The van der Waals surface area contributed by atoms with Gasteiger partial charge in [-0.1, -0.05) is 44.9 Å². The lowest BCUT2D eigenvalue weighted by Crippen LogP contribution is -2.54. The van der Waals surface area contributed by atoms with Crippen LogP contribution in [0, 0.1) is 13.8 Å². The van der Waals surface area contributed by atoms with Crippen LogP contribution in [0.2, 0.25) is 0 Å². The lowest BCUT2D eigenvalue weighted by molar-refractivity contribution is -0.143. The van der Waals surface area contributed by atoms with Gasteiger partial charge in [0.1, 0.15) is 17.7 Å². The SMILES string of the molecule is CCCCN(C(=O)C(CCSC)NC(=O)OC(C)(C)C)C(C(=O)NC(C)CCC)c1c(C)cccc1C. The third-order valence-electron chi connectivity index (χ3n) is 6.12. The van der Waals surface area contributed by atoms with E-state index in [4.69, 9.17) is 4.74 Å². The second-order valence-electron chi connectivity index (χ2n) is 10.8. The predicted molar refractivity (Wildman–Crippen MR) is 154 cm³/mol. The van der Waals surface area contributed by atoms with E-state index in [2.05, 4.69) is 24.5 Å². The monoisotopic (exact) mass is 535 g/mol. The topological polar surface area (TPSA) is 87.7 Å². The molecular formula is C29H49N3O4S. The van der Waals surface area contributed by atoms with E-state index >= 15 is 0 Å². The van der Waals surface area contributed by atoms with E-state index < -0.39 is 23.8 Å². The van der Waals surface area contributed by atoms with Crippen LogP contribution in [0.15, 0.2) is 18.2 Å². The van der Waals surface area contributed by atoms with Gasteiger partial charge in [-0.2, -0.15) is 11.8 Å². The van der Waals surface area contributed by atoms with Crippen LogP contribution in [0.25, 0.3) is 0 Å². The Hall–Kier alpha value is -2.22. The van der Waals surface area contributed by atoms with Crippen LogP contribution in [0.1, 0.15) is 96.4 Å². The summed E-state index contributed by atoms with van der Waals surface area (Å²) in [6.45, 7) is 15.9. The van der Waals surface area contributed by atoms with Crippen LogP contribution >= 0.6 is 11.8 Å². The summed E-state index contributed by atoms with van der Waals surface area (Å²) in [5, 5.41) is 5.95. The number of benzene rings is 1. The van der Waals surface area contributed by atoms with Crippen molar-refractivity contribution < 1.29 is 19.1 Å². The van der Waals surface area contributed by atoms with E-state index in [1.165, 1.54) is 0 Å². The maximum atomic E-state index is 14.2. The minimum absolute atomic E-state index is 0.0142. The normalized spacial score (nSPS) is 13.9. The summed E-state index contributed by atoms with van der Waals surface area (Å²) in [6.07, 6.45) is 5.18. The van der Waals surface area contributed by atoms with Gasteiger partial charge in [0.15, 0.2) is 0 Å². The van der Waals surface area contributed by atoms with Gasteiger partial charge in [-0.05, 0) is 89.5 Å². The van der Waals surface area contributed by atoms with Crippen LogP contribution in [-0.4, -0.2) is 59.0 Å². The van der Waals surface area contributed by atoms with Gasteiger partial charge in [0.05, 0.1) is 0 Å². The number of hydrogen-bond donors (Lipinski definition) is 2. The highest BCUT2D eigenvalue weighted by Crippen LogP contribution is 2.29. The largest absolute Gasteiger partial charge is 0.444 e. The average Bonchev–Trinajstić information content (AvgIpc) is 2.79. The molecule has 8 heteroatoms. The van der Waals surface area contributed by atoms with Crippen molar-refractivity contribution in [1.82, 2.24) is 15.5 Å². The van der Waals surface area contributed by atoms with Crippen molar-refractivity contribution in [3.63, 3.8) is 0 Å². The highest BCUT2D eigenvalue weighted by Gasteiger charge is 2.37. The van der Waals surface area contributed by atoms with Crippen LogP contribution in [0.3, 0.4) is 0 Å². The smallest absolute Gasteiger partial charge is 0.408 e. The molecule has 0 saturated heterocycles. The summed E-state index contributed by atoms with van der Waals surface area (Å²) in [6, 6.07) is 4.31. The zero-order valence-corrected chi connectivity index (χ0v) is 25.2. The summed E-state index contributed by atoms with van der Waals surface area (Å²) in [5.74, 6) is 0.227. The van der Waals surface area contributed by atoms with Crippen LogP contribution in [0.5, 0.6) is 0 Å². The highest BCUT2D eigenvalue weighted by molar-refractivity contribution is 7.98. The second kappa shape index (κ2) is 15.9.